The van der Waals surface area contributed by atoms with E-state index < -0.39 is 5.54 Å². The van der Waals surface area contributed by atoms with E-state index in [0.29, 0.717) is 24.3 Å². The van der Waals surface area contributed by atoms with Crippen LogP contribution in [0.5, 0.6) is 5.75 Å². The Morgan fingerprint density at radius 2 is 1.93 bits per heavy atom. The molecule has 6 heteroatoms. The molecule has 1 N–H and O–H groups in total. The zero-order valence-electron chi connectivity index (χ0n) is 16.6. The third-order valence-electron chi connectivity index (χ3n) is 5.15. The molecule has 0 radical (unpaired) electrons. The number of rotatable bonds is 7. The molecule has 1 fully saturated rings. The molecule has 1 aliphatic heterocycles. The lowest BCUT2D eigenvalue weighted by atomic mass is 9.96. The lowest BCUT2D eigenvalue weighted by Crippen LogP contribution is -2.56. The van der Waals surface area contributed by atoms with Crippen LogP contribution in [-0.2, 0) is 16.1 Å². The van der Waals surface area contributed by atoms with Crippen LogP contribution < -0.4 is 10.1 Å². The molecule has 1 unspecified atom stereocenters. The number of carbonyl (C=O) groups excluding carboxylic acids is 1. The summed E-state index contributed by atoms with van der Waals surface area (Å²) in [7, 11) is 5.13. The summed E-state index contributed by atoms with van der Waals surface area (Å²) >= 11 is 0. The number of amides is 1. The van der Waals surface area contributed by atoms with Gasteiger partial charge in [0.25, 0.3) is 0 Å². The first kappa shape index (κ1) is 20.3. The van der Waals surface area contributed by atoms with Crippen molar-refractivity contribution in [1.82, 2.24) is 10.2 Å². The van der Waals surface area contributed by atoms with Gasteiger partial charge in [0.2, 0.25) is 5.91 Å². The molecule has 0 saturated carbocycles. The van der Waals surface area contributed by atoms with E-state index in [-0.39, 0.29) is 24.4 Å². The second-order valence-corrected chi connectivity index (χ2v) is 7.40. The predicted octanol–water partition coefficient (Wildman–Crippen LogP) is 3.30. The number of methoxy groups -OCH3 is 1. The summed E-state index contributed by atoms with van der Waals surface area (Å²) < 4.78 is 24.7. The van der Waals surface area contributed by atoms with Crippen LogP contribution in [0, 0.1) is 5.82 Å². The molecule has 0 spiro atoms. The van der Waals surface area contributed by atoms with E-state index in [1.807, 2.05) is 24.3 Å². The van der Waals surface area contributed by atoms with Crippen LogP contribution in [0.3, 0.4) is 0 Å². The van der Waals surface area contributed by atoms with E-state index >= 15 is 0 Å². The van der Waals surface area contributed by atoms with Crippen LogP contribution >= 0.6 is 0 Å². The topological polar surface area (TPSA) is 50.8 Å². The fourth-order valence-electron chi connectivity index (χ4n) is 3.71. The molecule has 0 bridgehead atoms. The first-order chi connectivity index (χ1) is 13.4. The minimum Gasteiger partial charge on any atom is -0.489 e. The van der Waals surface area contributed by atoms with Crippen LogP contribution in [-0.4, -0.2) is 44.2 Å². The Balaban J connectivity index is 1.65. The van der Waals surface area contributed by atoms with Crippen molar-refractivity contribution in [2.24, 2.45) is 0 Å². The van der Waals surface area contributed by atoms with Gasteiger partial charge in [-0.05, 0) is 36.6 Å². The van der Waals surface area contributed by atoms with Gasteiger partial charge in [0.15, 0.2) is 0 Å². The maximum atomic E-state index is 13.7. The normalized spacial score (nSPS) is 21.5. The highest BCUT2D eigenvalue weighted by atomic mass is 19.1. The van der Waals surface area contributed by atoms with Crippen LogP contribution in [0.25, 0.3) is 0 Å². The van der Waals surface area contributed by atoms with E-state index in [9.17, 15) is 9.18 Å². The smallest absolute Gasteiger partial charge is 0.244 e. The second kappa shape index (κ2) is 8.71. The first-order valence-corrected chi connectivity index (χ1v) is 9.40. The molecule has 1 heterocycles. The van der Waals surface area contributed by atoms with Gasteiger partial charge in [0.1, 0.15) is 23.7 Å². The fraction of sp³-hybridized carbons (Fsp3) is 0.409. The Labute approximate surface area is 165 Å². The van der Waals surface area contributed by atoms with Gasteiger partial charge in [-0.2, -0.15) is 0 Å². The van der Waals surface area contributed by atoms with Crippen LogP contribution in [0.15, 0.2) is 48.5 Å². The number of nitrogens with one attached hydrogen (secondary N) is 1. The minimum atomic E-state index is -0.692. The molecule has 2 aromatic carbocycles. The molecule has 0 aromatic heterocycles. The van der Waals surface area contributed by atoms with Crippen molar-refractivity contribution in [1.29, 1.82) is 0 Å². The maximum absolute atomic E-state index is 13.7. The Morgan fingerprint density at radius 3 is 2.57 bits per heavy atom. The van der Waals surface area contributed by atoms with Crippen molar-refractivity contribution in [3.8, 4) is 5.75 Å². The van der Waals surface area contributed by atoms with Gasteiger partial charge in [-0.25, -0.2) is 4.39 Å². The largest absolute Gasteiger partial charge is 0.489 e. The highest BCUT2D eigenvalue weighted by molar-refractivity contribution is 5.86. The average Bonchev–Trinajstić information content (AvgIpc) is 3.12. The summed E-state index contributed by atoms with van der Waals surface area (Å²) in [5, 5.41) is 3.48. The minimum absolute atomic E-state index is 0.0293. The summed E-state index contributed by atoms with van der Waals surface area (Å²) in [6, 6.07) is 14.4. The summed E-state index contributed by atoms with van der Waals surface area (Å²) in [6.45, 7) is 0.520. The van der Waals surface area contributed by atoms with Gasteiger partial charge in [-0.3, -0.25) is 10.1 Å². The van der Waals surface area contributed by atoms with E-state index in [1.54, 1.807) is 44.3 Å². The predicted molar refractivity (Wildman–Crippen MR) is 106 cm³/mol. The number of benzene rings is 2. The number of likely N-dealkylation sites (N-methyl/N-ethyl adjacent to an activating group) is 1. The molecule has 1 saturated heterocycles. The molecule has 1 aliphatic rings. The summed E-state index contributed by atoms with van der Waals surface area (Å²) in [4.78, 5) is 14.3. The lowest BCUT2D eigenvalue weighted by Gasteiger charge is -2.31. The van der Waals surface area contributed by atoms with Crippen molar-refractivity contribution in [3.05, 3.63) is 65.5 Å². The van der Waals surface area contributed by atoms with Crippen LogP contribution in [0.2, 0.25) is 0 Å². The van der Waals surface area contributed by atoms with Crippen molar-refractivity contribution >= 4 is 5.91 Å². The van der Waals surface area contributed by atoms with E-state index in [0.717, 1.165) is 12.0 Å². The molecule has 5 nitrogen and oxygen atoms in total. The summed E-state index contributed by atoms with van der Waals surface area (Å²) in [6.07, 6.45) is 1.56. The number of ether oxygens (including phenoxy) is 2. The standard InChI is InChI=1S/C22H27FN2O3/c1-25(2)21(26)22(15-27-3)13-12-20(24-22)16-8-10-18(11-9-16)28-14-17-6-4-5-7-19(17)23/h4-11,20,24H,12-15H2,1-3H3/t20-,22?/m1/s1. The van der Waals surface area contributed by atoms with Crippen LogP contribution in [0.4, 0.5) is 4.39 Å². The zero-order chi connectivity index (χ0) is 20.1. The Kier molecular flexibility index (Phi) is 6.31. The van der Waals surface area contributed by atoms with Gasteiger partial charge in [-0.15, -0.1) is 0 Å². The zero-order valence-corrected chi connectivity index (χ0v) is 16.6. The molecular weight excluding hydrogens is 359 g/mol. The fourth-order valence-corrected chi connectivity index (χ4v) is 3.71. The van der Waals surface area contributed by atoms with Gasteiger partial charge in [-0.1, -0.05) is 30.3 Å². The highest BCUT2D eigenvalue weighted by Crippen LogP contribution is 2.35. The van der Waals surface area contributed by atoms with Gasteiger partial charge < -0.3 is 14.4 Å². The molecule has 2 aromatic rings. The Morgan fingerprint density at radius 1 is 1.21 bits per heavy atom. The molecule has 3 rings (SSSR count). The molecular formula is C22H27FN2O3. The number of hydrogen-bond donors (Lipinski definition) is 1. The van der Waals surface area contributed by atoms with Crippen LogP contribution in [0.1, 0.15) is 30.0 Å². The average molecular weight is 386 g/mol. The van der Waals surface area contributed by atoms with Crippen molar-refractivity contribution in [3.63, 3.8) is 0 Å². The van der Waals surface area contributed by atoms with E-state index in [4.69, 9.17) is 9.47 Å². The number of halogens is 1. The third-order valence-corrected chi connectivity index (χ3v) is 5.15. The molecule has 150 valence electrons. The quantitative estimate of drug-likeness (QED) is 0.793. The number of nitrogens with zero attached hydrogens (tertiary/aromatic N) is 1. The number of carbonyl (C=O) groups is 1. The van der Waals surface area contributed by atoms with Gasteiger partial charge >= 0.3 is 0 Å². The van der Waals surface area contributed by atoms with E-state index in [1.165, 1.54) is 6.07 Å². The molecule has 28 heavy (non-hydrogen) atoms. The lowest BCUT2D eigenvalue weighted by molar-refractivity contribution is -0.137. The number of hydrogen-bond acceptors (Lipinski definition) is 4. The van der Waals surface area contributed by atoms with Crippen molar-refractivity contribution < 1.29 is 18.7 Å². The van der Waals surface area contributed by atoms with Crippen molar-refractivity contribution in [2.45, 2.75) is 31.0 Å². The van der Waals surface area contributed by atoms with Gasteiger partial charge in [0.05, 0.1) is 6.61 Å². The second-order valence-electron chi connectivity index (χ2n) is 7.40. The van der Waals surface area contributed by atoms with Crippen molar-refractivity contribution in [2.75, 3.05) is 27.8 Å². The highest BCUT2D eigenvalue weighted by Gasteiger charge is 2.46. The first-order valence-electron chi connectivity index (χ1n) is 9.40. The van der Waals surface area contributed by atoms with E-state index in [2.05, 4.69) is 5.32 Å². The monoisotopic (exact) mass is 386 g/mol. The maximum Gasteiger partial charge on any atom is 0.244 e. The Bertz CT molecular complexity index is 810. The SMILES string of the molecule is COCC1(C(=O)N(C)C)CC[C@H](c2ccc(OCc3ccccc3F)cc2)N1. The molecule has 2 atom stereocenters. The molecule has 1 amide bonds. The third kappa shape index (κ3) is 4.34. The summed E-state index contributed by atoms with van der Waals surface area (Å²) in [5.41, 5.74) is 0.918. The molecule has 0 aliphatic carbocycles. The Hall–Kier alpha value is -2.44. The van der Waals surface area contributed by atoms with Gasteiger partial charge in [0, 0.05) is 32.8 Å². The summed E-state index contributed by atoms with van der Waals surface area (Å²) in [5.74, 6) is 0.438.